The average molecular weight is 217 g/mol. The third kappa shape index (κ3) is 2.39. The molecule has 0 amide bonds. The van der Waals surface area contributed by atoms with Crippen molar-refractivity contribution in [2.75, 3.05) is 0 Å². The molecule has 0 spiro atoms. The van der Waals surface area contributed by atoms with Crippen molar-refractivity contribution < 1.29 is 4.74 Å². The van der Waals surface area contributed by atoms with Crippen LogP contribution in [0.4, 0.5) is 0 Å². The summed E-state index contributed by atoms with van der Waals surface area (Å²) in [5.74, 6) is 2.39. The van der Waals surface area contributed by atoms with E-state index < -0.39 is 0 Å². The number of aromatic amines is 1. The second-order valence-electron chi connectivity index (χ2n) is 3.87. The zero-order chi connectivity index (χ0) is 11.5. The van der Waals surface area contributed by atoms with Crippen molar-refractivity contribution in [3.05, 3.63) is 41.5 Å². The van der Waals surface area contributed by atoms with E-state index in [0.717, 1.165) is 17.4 Å². The van der Waals surface area contributed by atoms with Crippen molar-refractivity contribution >= 4 is 0 Å². The minimum atomic E-state index is -0.121. The lowest BCUT2D eigenvalue weighted by molar-refractivity contribution is 0.217. The van der Waals surface area contributed by atoms with Crippen LogP contribution >= 0.6 is 0 Å². The van der Waals surface area contributed by atoms with Crippen molar-refractivity contribution in [2.24, 2.45) is 0 Å². The van der Waals surface area contributed by atoms with E-state index in [-0.39, 0.29) is 6.10 Å². The van der Waals surface area contributed by atoms with E-state index >= 15 is 0 Å². The lowest BCUT2D eigenvalue weighted by atomic mass is 10.2. The Morgan fingerprint density at radius 1 is 1.12 bits per heavy atom. The summed E-state index contributed by atoms with van der Waals surface area (Å²) in [7, 11) is 0. The lowest BCUT2D eigenvalue weighted by Crippen LogP contribution is -2.05. The average Bonchev–Trinajstić information content (AvgIpc) is 2.68. The van der Waals surface area contributed by atoms with Gasteiger partial charge in [0.25, 0.3) is 0 Å². The number of hydrogen-bond acceptors (Lipinski definition) is 3. The topological polar surface area (TPSA) is 50.8 Å². The van der Waals surface area contributed by atoms with Crippen LogP contribution < -0.4 is 4.74 Å². The summed E-state index contributed by atoms with van der Waals surface area (Å²) < 4.78 is 5.73. The molecule has 2 rings (SSSR count). The third-order valence-electron chi connectivity index (χ3n) is 2.34. The quantitative estimate of drug-likeness (QED) is 0.859. The third-order valence-corrected chi connectivity index (χ3v) is 2.34. The number of hydrogen-bond donors (Lipinski definition) is 1. The normalized spacial score (nSPS) is 12.4. The van der Waals surface area contributed by atoms with Gasteiger partial charge in [0.1, 0.15) is 11.6 Å². The maximum Gasteiger partial charge on any atom is 0.171 e. The van der Waals surface area contributed by atoms with Crippen LogP contribution in [-0.4, -0.2) is 15.2 Å². The standard InChI is InChI=1S/C12H15N3O/c1-8-4-6-11(7-5-8)16-9(2)12-13-10(3)14-15-12/h4-7,9H,1-3H3,(H,13,14,15). The van der Waals surface area contributed by atoms with Gasteiger partial charge in [-0.2, -0.15) is 0 Å². The van der Waals surface area contributed by atoms with Gasteiger partial charge in [-0.1, -0.05) is 17.7 Å². The van der Waals surface area contributed by atoms with Crippen LogP contribution in [0.15, 0.2) is 24.3 Å². The molecule has 1 unspecified atom stereocenters. The van der Waals surface area contributed by atoms with Gasteiger partial charge < -0.3 is 9.72 Å². The summed E-state index contributed by atoms with van der Waals surface area (Å²) in [6.07, 6.45) is -0.121. The number of H-pyrrole nitrogens is 1. The molecule has 2 aromatic rings. The van der Waals surface area contributed by atoms with E-state index in [1.54, 1.807) is 0 Å². The van der Waals surface area contributed by atoms with Gasteiger partial charge in [-0.15, -0.1) is 10.2 Å². The van der Waals surface area contributed by atoms with Gasteiger partial charge in [-0.05, 0) is 32.9 Å². The molecule has 16 heavy (non-hydrogen) atoms. The van der Waals surface area contributed by atoms with Crippen molar-refractivity contribution in [1.82, 2.24) is 15.2 Å². The molecular weight excluding hydrogens is 202 g/mol. The van der Waals surface area contributed by atoms with Crippen LogP contribution in [0.5, 0.6) is 5.75 Å². The predicted molar refractivity (Wildman–Crippen MR) is 61.3 cm³/mol. The first-order valence-corrected chi connectivity index (χ1v) is 5.27. The molecule has 0 aliphatic rings. The maximum absolute atomic E-state index is 5.73. The van der Waals surface area contributed by atoms with E-state index in [0.29, 0.717) is 0 Å². The van der Waals surface area contributed by atoms with E-state index in [4.69, 9.17) is 4.74 Å². The minimum absolute atomic E-state index is 0.121. The fourth-order valence-corrected chi connectivity index (χ4v) is 1.42. The van der Waals surface area contributed by atoms with Crippen LogP contribution in [0.2, 0.25) is 0 Å². The van der Waals surface area contributed by atoms with Gasteiger partial charge in [0.05, 0.1) is 0 Å². The molecule has 0 radical (unpaired) electrons. The molecular formula is C12H15N3O. The van der Waals surface area contributed by atoms with Gasteiger partial charge in [-0.25, -0.2) is 0 Å². The molecule has 0 fully saturated rings. The number of benzene rings is 1. The summed E-state index contributed by atoms with van der Waals surface area (Å²) in [5.41, 5.74) is 1.22. The molecule has 0 aliphatic carbocycles. The van der Waals surface area contributed by atoms with E-state index in [1.165, 1.54) is 5.56 Å². The summed E-state index contributed by atoms with van der Waals surface area (Å²) in [5, 5.41) is 7.91. The maximum atomic E-state index is 5.73. The molecule has 0 saturated carbocycles. The van der Waals surface area contributed by atoms with Crippen molar-refractivity contribution in [1.29, 1.82) is 0 Å². The largest absolute Gasteiger partial charge is 0.483 e. The fourth-order valence-electron chi connectivity index (χ4n) is 1.42. The Balaban J connectivity index is 2.07. The molecule has 0 aliphatic heterocycles. The first-order chi connectivity index (χ1) is 7.65. The van der Waals surface area contributed by atoms with Crippen LogP contribution in [0, 0.1) is 13.8 Å². The number of aryl methyl sites for hydroxylation is 2. The second-order valence-corrected chi connectivity index (χ2v) is 3.87. The number of ether oxygens (including phenoxy) is 1. The highest BCUT2D eigenvalue weighted by atomic mass is 16.5. The number of rotatable bonds is 3. The number of nitrogens with zero attached hydrogens (tertiary/aromatic N) is 2. The van der Waals surface area contributed by atoms with Gasteiger partial charge >= 0.3 is 0 Å². The fraction of sp³-hybridized carbons (Fsp3) is 0.333. The predicted octanol–water partition coefficient (Wildman–Crippen LogP) is 2.56. The Kier molecular flexibility index (Phi) is 2.90. The Hall–Kier alpha value is -1.84. The Bertz CT molecular complexity index is 461. The Morgan fingerprint density at radius 3 is 2.38 bits per heavy atom. The van der Waals surface area contributed by atoms with E-state index in [9.17, 15) is 0 Å². The first kappa shape index (κ1) is 10.7. The number of nitrogens with one attached hydrogen (secondary N) is 1. The second kappa shape index (κ2) is 4.35. The first-order valence-electron chi connectivity index (χ1n) is 5.27. The molecule has 4 nitrogen and oxygen atoms in total. The Labute approximate surface area is 94.7 Å². The number of aromatic nitrogens is 3. The zero-order valence-electron chi connectivity index (χ0n) is 9.69. The van der Waals surface area contributed by atoms with Gasteiger partial charge in [-0.3, -0.25) is 0 Å². The summed E-state index contributed by atoms with van der Waals surface area (Å²) in [4.78, 5) is 3.06. The summed E-state index contributed by atoms with van der Waals surface area (Å²) in [6, 6.07) is 7.95. The molecule has 1 atom stereocenters. The molecule has 1 heterocycles. The van der Waals surface area contributed by atoms with Crippen LogP contribution in [-0.2, 0) is 0 Å². The Morgan fingerprint density at radius 2 is 1.81 bits per heavy atom. The van der Waals surface area contributed by atoms with Crippen LogP contribution in [0.1, 0.15) is 30.2 Å². The SMILES string of the molecule is Cc1ccc(OC(C)c2nnc(C)[nH]2)cc1. The molecule has 0 bridgehead atoms. The van der Waals surface area contributed by atoms with E-state index in [2.05, 4.69) is 15.2 Å². The summed E-state index contributed by atoms with van der Waals surface area (Å²) in [6.45, 7) is 5.86. The summed E-state index contributed by atoms with van der Waals surface area (Å²) >= 11 is 0. The molecule has 1 N–H and O–H groups in total. The highest BCUT2D eigenvalue weighted by Gasteiger charge is 2.11. The van der Waals surface area contributed by atoms with Crippen LogP contribution in [0.3, 0.4) is 0 Å². The lowest BCUT2D eigenvalue weighted by Gasteiger charge is -2.11. The molecule has 4 heteroatoms. The van der Waals surface area contributed by atoms with Crippen molar-refractivity contribution in [3.63, 3.8) is 0 Å². The van der Waals surface area contributed by atoms with Gasteiger partial charge in [0.15, 0.2) is 11.9 Å². The zero-order valence-corrected chi connectivity index (χ0v) is 9.69. The van der Waals surface area contributed by atoms with Gasteiger partial charge in [0.2, 0.25) is 0 Å². The van der Waals surface area contributed by atoms with Crippen LogP contribution in [0.25, 0.3) is 0 Å². The molecule has 84 valence electrons. The molecule has 1 aromatic heterocycles. The van der Waals surface area contributed by atoms with Crippen molar-refractivity contribution in [3.8, 4) is 5.75 Å². The van der Waals surface area contributed by atoms with Crippen molar-refractivity contribution in [2.45, 2.75) is 26.9 Å². The minimum Gasteiger partial charge on any atom is -0.483 e. The van der Waals surface area contributed by atoms with E-state index in [1.807, 2.05) is 45.0 Å². The highest BCUT2D eigenvalue weighted by Crippen LogP contribution is 2.19. The monoisotopic (exact) mass is 217 g/mol. The van der Waals surface area contributed by atoms with Gasteiger partial charge in [0, 0.05) is 0 Å². The molecule has 1 aromatic carbocycles. The molecule has 0 saturated heterocycles. The highest BCUT2D eigenvalue weighted by molar-refractivity contribution is 5.26. The smallest absolute Gasteiger partial charge is 0.171 e.